The van der Waals surface area contributed by atoms with Gasteiger partial charge in [0.15, 0.2) is 6.10 Å². The lowest BCUT2D eigenvalue weighted by Crippen LogP contribution is -2.45. The van der Waals surface area contributed by atoms with Gasteiger partial charge in [-0.25, -0.2) is 0 Å². The number of rotatable bonds is 4. The van der Waals surface area contributed by atoms with Gasteiger partial charge in [0.1, 0.15) is 5.71 Å². The molecule has 0 aliphatic carbocycles. The average molecular weight is 327 g/mol. The van der Waals surface area contributed by atoms with Gasteiger partial charge in [-0.3, -0.25) is 4.79 Å². The number of nitrogens with zero attached hydrogens (tertiary/aromatic N) is 3. The highest BCUT2D eigenvalue weighted by Gasteiger charge is 2.36. The predicted molar refractivity (Wildman–Crippen MR) is 92.7 cm³/mol. The summed E-state index contributed by atoms with van der Waals surface area (Å²) in [5.41, 5.74) is 1.66. The van der Waals surface area contributed by atoms with Crippen molar-refractivity contribution >= 4 is 11.6 Å². The number of likely N-dealkylation sites (tertiary alicyclic amines) is 2. The molecule has 1 amide bonds. The summed E-state index contributed by atoms with van der Waals surface area (Å²) in [4.78, 5) is 23.0. The van der Waals surface area contributed by atoms with Gasteiger partial charge in [-0.15, -0.1) is 0 Å². The van der Waals surface area contributed by atoms with Gasteiger partial charge < -0.3 is 14.6 Å². The molecule has 5 nitrogen and oxygen atoms in total. The van der Waals surface area contributed by atoms with E-state index >= 15 is 0 Å². The smallest absolute Gasteiger partial charge is 0.272 e. The van der Waals surface area contributed by atoms with Crippen LogP contribution >= 0.6 is 0 Å². The summed E-state index contributed by atoms with van der Waals surface area (Å²) in [6, 6.07) is 10.4. The van der Waals surface area contributed by atoms with E-state index in [1.165, 1.54) is 25.9 Å². The zero-order valence-electron chi connectivity index (χ0n) is 14.1. The van der Waals surface area contributed by atoms with E-state index in [1.807, 2.05) is 35.2 Å². The molecule has 1 aromatic carbocycles. The van der Waals surface area contributed by atoms with Crippen molar-refractivity contribution in [3.05, 3.63) is 35.9 Å². The molecule has 3 aliphatic heterocycles. The van der Waals surface area contributed by atoms with Crippen molar-refractivity contribution in [3.8, 4) is 0 Å². The highest BCUT2D eigenvalue weighted by atomic mass is 16.6. The molecule has 5 heteroatoms. The maximum Gasteiger partial charge on any atom is 0.272 e. The summed E-state index contributed by atoms with van der Waals surface area (Å²) in [6.45, 7) is 4.23. The van der Waals surface area contributed by atoms with Crippen LogP contribution in [0.2, 0.25) is 0 Å². The number of carbonyl (C=O) groups excluding carboxylic acids is 1. The Labute approximate surface area is 143 Å². The van der Waals surface area contributed by atoms with Crippen molar-refractivity contribution in [3.63, 3.8) is 0 Å². The van der Waals surface area contributed by atoms with Crippen molar-refractivity contribution < 1.29 is 9.63 Å². The lowest BCUT2D eigenvalue weighted by atomic mass is 10.0. The molecule has 0 radical (unpaired) electrons. The zero-order valence-corrected chi connectivity index (χ0v) is 14.1. The molecule has 0 aromatic heterocycles. The third kappa shape index (κ3) is 3.18. The van der Waals surface area contributed by atoms with Crippen molar-refractivity contribution in [1.82, 2.24) is 9.80 Å². The van der Waals surface area contributed by atoms with Gasteiger partial charge in [0, 0.05) is 25.6 Å². The maximum absolute atomic E-state index is 12.9. The summed E-state index contributed by atoms with van der Waals surface area (Å²) in [6.07, 6.45) is 5.25. The van der Waals surface area contributed by atoms with Crippen LogP contribution in [0.4, 0.5) is 0 Å². The highest BCUT2D eigenvalue weighted by Crippen LogP contribution is 2.29. The minimum Gasteiger partial charge on any atom is -0.387 e. The summed E-state index contributed by atoms with van der Waals surface area (Å²) < 4.78 is 0. The molecular formula is C19H25N3O2. The largest absolute Gasteiger partial charge is 0.387 e. The van der Waals surface area contributed by atoms with Gasteiger partial charge in [0.05, 0.1) is 0 Å². The fraction of sp³-hybridized carbons (Fsp3) is 0.579. The topological polar surface area (TPSA) is 45.1 Å². The molecule has 128 valence electrons. The van der Waals surface area contributed by atoms with E-state index in [0.717, 1.165) is 31.5 Å². The van der Waals surface area contributed by atoms with Crippen LogP contribution in [-0.2, 0) is 9.63 Å². The molecule has 0 saturated carbocycles. The Balaban J connectivity index is 1.38. The highest BCUT2D eigenvalue weighted by molar-refractivity contribution is 6.39. The molecule has 0 bridgehead atoms. The van der Waals surface area contributed by atoms with E-state index in [2.05, 4.69) is 10.1 Å². The molecule has 4 rings (SSSR count). The van der Waals surface area contributed by atoms with Gasteiger partial charge in [-0.2, -0.15) is 0 Å². The molecule has 24 heavy (non-hydrogen) atoms. The SMILES string of the molecule is O=C(C1=NO[C@@H](c2ccccc2)C1)N1CCC[C@H]1CN1CCCC1. The Kier molecular flexibility index (Phi) is 4.52. The fourth-order valence-electron chi connectivity index (χ4n) is 4.07. The molecule has 0 N–H and O–H groups in total. The first-order chi connectivity index (χ1) is 11.8. The molecule has 2 saturated heterocycles. The number of hydrogen-bond donors (Lipinski definition) is 0. The van der Waals surface area contributed by atoms with Crippen LogP contribution in [0, 0.1) is 0 Å². The van der Waals surface area contributed by atoms with Gasteiger partial charge in [-0.05, 0) is 44.3 Å². The monoisotopic (exact) mass is 327 g/mol. The van der Waals surface area contributed by atoms with E-state index < -0.39 is 0 Å². The quantitative estimate of drug-likeness (QED) is 0.854. The summed E-state index contributed by atoms with van der Waals surface area (Å²) in [5, 5.41) is 4.12. The second kappa shape index (κ2) is 6.93. The zero-order chi connectivity index (χ0) is 16.4. The standard InChI is InChI=1S/C19H25N3O2/c23-19(17-13-18(24-20-17)15-7-2-1-3-8-15)22-12-6-9-16(22)14-21-10-4-5-11-21/h1-3,7-8,16,18H,4-6,9-14H2/t16-,18+/m0/s1. The van der Waals surface area contributed by atoms with E-state index in [1.54, 1.807) is 0 Å². The lowest BCUT2D eigenvalue weighted by Gasteiger charge is -2.28. The summed E-state index contributed by atoms with van der Waals surface area (Å²) >= 11 is 0. The second-order valence-electron chi connectivity index (χ2n) is 7.05. The third-order valence-corrected chi connectivity index (χ3v) is 5.39. The van der Waals surface area contributed by atoms with Crippen LogP contribution in [-0.4, -0.2) is 53.6 Å². The normalized spacial score (nSPS) is 27.3. The van der Waals surface area contributed by atoms with Crippen LogP contribution in [0.5, 0.6) is 0 Å². The van der Waals surface area contributed by atoms with Crippen LogP contribution in [0.15, 0.2) is 35.5 Å². The number of hydrogen-bond acceptors (Lipinski definition) is 4. The molecule has 3 aliphatic rings. The van der Waals surface area contributed by atoms with E-state index in [9.17, 15) is 4.79 Å². The lowest BCUT2D eigenvalue weighted by molar-refractivity contribution is -0.125. The maximum atomic E-state index is 12.9. The van der Waals surface area contributed by atoms with Crippen LogP contribution in [0.1, 0.15) is 43.8 Å². The summed E-state index contributed by atoms with van der Waals surface area (Å²) in [7, 11) is 0. The van der Waals surface area contributed by atoms with Crippen LogP contribution < -0.4 is 0 Å². The Morgan fingerprint density at radius 3 is 2.71 bits per heavy atom. The molecule has 2 atom stereocenters. The Morgan fingerprint density at radius 1 is 1.12 bits per heavy atom. The molecule has 1 aromatic rings. The first-order valence-corrected chi connectivity index (χ1v) is 9.12. The Bertz CT molecular complexity index is 610. The molecule has 2 fully saturated rings. The van der Waals surface area contributed by atoms with E-state index in [-0.39, 0.29) is 12.0 Å². The van der Waals surface area contributed by atoms with Gasteiger partial charge >= 0.3 is 0 Å². The number of benzene rings is 1. The third-order valence-electron chi connectivity index (χ3n) is 5.39. The number of amides is 1. The van der Waals surface area contributed by atoms with Crippen LogP contribution in [0.25, 0.3) is 0 Å². The van der Waals surface area contributed by atoms with Crippen LogP contribution in [0.3, 0.4) is 0 Å². The van der Waals surface area contributed by atoms with Gasteiger partial charge in [0.2, 0.25) is 0 Å². The first-order valence-electron chi connectivity index (χ1n) is 9.12. The number of oxime groups is 1. The van der Waals surface area contributed by atoms with E-state index in [4.69, 9.17) is 4.84 Å². The summed E-state index contributed by atoms with van der Waals surface area (Å²) in [5.74, 6) is 0.0788. The first kappa shape index (κ1) is 15.6. The predicted octanol–water partition coefficient (Wildman–Crippen LogP) is 2.59. The minimum atomic E-state index is -0.121. The number of carbonyl (C=O) groups is 1. The van der Waals surface area contributed by atoms with Gasteiger partial charge in [0.25, 0.3) is 5.91 Å². The van der Waals surface area contributed by atoms with Crippen molar-refractivity contribution in [2.24, 2.45) is 5.16 Å². The van der Waals surface area contributed by atoms with Crippen molar-refractivity contribution in [2.45, 2.75) is 44.2 Å². The Morgan fingerprint density at radius 2 is 1.92 bits per heavy atom. The average Bonchev–Trinajstić information content (AvgIpc) is 3.37. The molecule has 0 spiro atoms. The molecular weight excluding hydrogens is 302 g/mol. The molecule has 3 heterocycles. The molecule has 0 unspecified atom stereocenters. The van der Waals surface area contributed by atoms with Crippen molar-refractivity contribution in [1.29, 1.82) is 0 Å². The van der Waals surface area contributed by atoms with Crippen molar-refractivity contribution in [2.75, 3.05) is 26.2 Å². The second-order valence-corrected chi connectivity index (χ2v) is 7.05. The fourth-order valence-corrected chi connectivity index (χ4v) is 4.07. The van der Waals surface area contributed by atoms with E-state index in [0.29, 0.717) is 18.2 Å². The van der Waals surface area contributed by atoms with Gasteiger partial charge in [-0.1, -0.05) is 35.5 Å². The Hall–Kier alpha value is -1.88. The minimum absolute atomic E-state index is 0.0788.